The van der Waals surface area contributed by atoms with Crippen molar-refractivity contribution >= 4 is 23.7 Å². The van der Waals surface area contributed by atoms with Crippen LogP contribution < -0.4 is 5.32 Å². The lowest BCUT2D eigenvalue weighted by molar-refractivity contribution is 0.341. The molecule has 3 heteroatoms. The Bertz CT molecular complexity index is 284. The SMILES string of the molecule is CNC1(C)CCc2sccc2C1.Cl. The van der Waals surface area contributed by atoms with E-state index >= 15 is 0 Å². The summed E-state index contributed by atoms with van der Waals surface area (Å²) in [5.41, 5.74) is 1.90. The highest BCUT2D eigenvalue weighted by Gasteiger charge is 2.28. The zero-order valence-electron chi connectivity index (χ0n) is 8.09. The number of nitrogens with one attached hydrogen (secondary N) is 1. The van der Waals surface area contributed by atoms with E-state index in [9.17, 15) is 0 Å². The highest BCUT2D eigenvalue weighted by Crippen LogP contribution is 2.31. The normalized spacial score (nSPS) is 26.3. The van der Waals surface area contributed by atoms with Gasteiger partial charge in [-0.3, -0.25) is 0 Å². The van der Waals surface area contributed by atoms with Gasteiger partial charge >= 0.3 is 0 Å². The van der Waals surface area contributed by atoms with Gasteiger partial charge in [-0.15, -0.1) is 23.7 Å². The van der Waals surface area contributed by atoms with Gasteiger partial charge in [0.05, 0.1) is 0 Å². The van der Waals surface area contributed by atoms with Crippen molar-refractivity contribution in [2.24, 2.45) is 0 Å². The van der Waals surface area contributed by atoms with Crippen molar-refractivity contribution in [1.82, 2.24) is 5.32 Å². The molecular formula is C10H16ClNS. The summed E-state index contributed by atoms with van der Waals surface area (Å²) in [6, 6.07) is 2.27. The molecule has 1 heterocycles. The van der Waals surface area contributed by atoms with E-state index in [1.165, 1.54) is 19.3 Å². The third-order valence-corrected chi connectivity index (χ3v) is 3.95. The number of hydrogen-bond acceptors (Lipinski definition) is 2. The Morgan fingerprint density at radius 3 is 3.00 bits per heavy atom. The number of fused-ring (bicyclic) bond motifs is 1. The fourth-order valence-electron chi connectivity index (χ4n) is 1.86. The minimum Gasteiger partial charge on any atom is -0.314 e. The largest absolute Gasteiger partial charge is 0.314 e. The molecule has 74 valence electrons. The molecule has 1 aliphatic rings. The summed E-state index contributed by atoms with van der Waals surface area (Å²) in [6.07, 6.45) is 3.73. The van der Waals surface area contributed by atoms with Gasteiger partial charge in [0.2, 0.25) is 0 Å². The van der Waals surface area contributed by atoms with E-state index in [1.54, 1.807) is 10.4 Å². The van der Waals surface area contributed by atoms with E-state index in [-0.39, 0.29) is 12.4 Å². The van der Waals surface area contributed by atoms with Gasteiger partial charge in [-0.25, -0.2) is 0 Å². The molecule has 13 heavy (non-hydrogen) atoms. The van der Waals surface area contributed by atoms with Crippen LogP contribution in [0.15, 0.2) is 11.4 Å². The highest BCUT2D eigenvalue weighted by atomic mass is 35.5. The summed E-state index contributed by atoms with van der Waals surface area (Å²) in [6.45, 7) is 2.31. The predicted molar refractivity (Wildman–Crippen MR) is 61.1 cm³/mol. The van der Waals surface area contributed by atoms with Crippen LogP contribution in [0, 0.1) is 0 Å². The van der Waals surface area contributed by atoms with Crippen LogP contribution in [0.5, 0.6) is 0 Å². The Kier molecular flexibility index (Phi) is 3.38. The minimum atomic E-state index is 0. The van der Waals surface area contributed by atoms with E-state index < -0.39 is 0 Å². The average Bonchev–Trinajstić information content (AvgIpc) is 2.51. The molecule has 1 atom stereocenters. The second kappa shape index (κ2) is 3.99. The first-order chi connectivity index (χ1) is 5.73. The van der Waals surface area contributed by atoms with Crippen LogP contribution in [0.4, 0.5) is 0 Å². The van der Waals surface area contributed by atoms with E-state index in [0.717, 1.165) is 0 Å². The molecule has 0 amide bonds. The molecule has 1 unspecified atom stereocenters. The van der Waals surface area contributed by atoms with E-state index in [4.69, 9.17) is 0 Å². The number of thiophene rings is 1. The van der Waals surface area contributed by atoms with Crippen molar-refractivity contribution < 1.29 is 0 Å². The molecule has 0 radical (unpaired) electrons. The van der Waals surface area contributed by atoms with Gasteiger partial charge in [-0.1, -0.05) is 0 Å². The van der Waals surface area contributed by atoms with Crippen LogP contribution >= 0.6 is 23.7 Å². The molecule has 0 bridgehead atoms. The van der Waals surface area contributed by atoms with Crippen molar-refractivity contribution in [2.75, 3.05) is 7.05 Å². The van der Waals surface area contributed by atoms with Crippen LogP contribution in [0.2, 0.25) is 0 Å². The van der Waals surface area contributed by atoms with Gasteiger partial charge in [-0.05, 0) is 50.2 Å². The molecule has 0 saturated heterocycles. The number of likely N-dealkylation sites (N-methyl/N-ethyl adjacent to an activating group) is 1. The lowest BCUT2D eigenvalue weighted by atomic mass is 9.83. The third-order valence-electron chi connectivity index (χ3n) is 2.93. The molecule has 1 aliphatic carbocycles. The van der Waals surface area contributed by atoms with Crippen LogP contribution in [-0.2, 0) is 12.8 Å². The second-order valence-corrected chi connectivity index (χ2v) is 4.86. The van der Waals surface area contributed by atoms with Gasteiger partial charge in [0, 0.05) is 10.4 Å². The van der Waals surface area contributed by atoms with Crippen molar-refractivity contribution in [3.05, 3.63) is 21.9 Å². The molecule has 2 rings (SSSR count). The fraction of sp³-hybridized carbons (Fsp3) is 0.600. The average molecular weight is 218 g/mol. The predicted octanol–water partition coefficient (Wildman–Crippen LogP) is 2.64. The molecular weight excluding hydrogens is 202 g/mol. The molecule has 0 spiro atoms. The summed E-state index contributed by atoms with van der Waals surface area (Å²) in [7, 11) is 2.07. The van der Waals surface area contributed by atoms with Crippen molar-refractivity contribution in [2.45, 2.75) is 31.7 Å². The van der Waals surface area contributed by atoms with Crippen LogP contribution in [0.3, 0.4) is 0 Å². The molecule has 1 N–H and O–H groups in total. The van der Waals surface area contributed by atoms with Gasteiger partial charge in [-0.2, -0.15) is 0 Å². The second-order valence-electron chi connectivity index (χ2n) is 3.86. The topological polar surface area (TPSA) is 12.0 Å². The monoisotopic (exact) mass is 217 g/mol. The summed E-state index contributed by atoms with van der Waals surface area (Å²) in [5.74, 6) is 0. The number of aryl methyl sites for hydroxylation is 1. The van der Waals surface area contributed by atoms with Gasteiger partial charge in [0.1, 0.15) is 0 Å². The van der Waals surface area contributed by atoms with E-state index in [2.05, 4.69) is 30.7 Å². The first-order valence-corrected chi connectivity index (χ1v) is 5.36. The molecule has 1 nitrogen and oxygen atoms in total. The molecule has 0 aliphatic heterocycles. The molecule has 0 saturated carbocycles. The minimum absolute atomic E-state index is 0. The van der Waals surface area contributed by atoms with Gasteiger partial charge in [0.25, 0.3) is 0 Å². The van der Waals surface area contributed by atoms with Gasteiger partial charge in [0.15, 0.2) is 0 Å². The lowest BCUT2D eigenvalue weighted by Crippen LogP contribution is -2.44. The first kappa shape index (κ1) is 11.0. The number of hydrogen-bond donors (Lipinski definition) is 1. The maximum Gasteiger partial charge on any atom is 0.0194 e. The maximum atomic E-state index is 3.42. The Labute approximate surface area is 90.0 Å². The third kappa shape index (κ3) is 2.06. The van der Waals surface area contributed by atoms with Crippen LogP contribution in [0.25, 0.3) is 0 Å². The van der Waals surface area contributed by atoms with Crippen molar-refractivity contribution in [3.63, 3.8) is 0 Å². The standard InChI is InChI=1S/C10H15NS.ClH/c1-10(11-2)5-3-9-8(7-10)4-6-12-9;/h4,6,11H,3,5,7H2,1-2H3;1H. The molecule has 0 fully saturated rings. The molecule has 1 aromatic heterocycles. The molecule has 1 aromatic rings. The first-order valence-electron chi connectivity index (χ1n) is 4.48. The van der Waals surface area contributed by atoms with Crippen LogP contribution in [-0.4, -0.2) is 12.6 Å². The number of rotatable bonds is 1. The number of halogens is 1. The Balaban J connectivity index is 0.000000845. The lowest BCUT2D eigenvalue weighted by Gasteiger charge is -2.33. The summed E-state index contributed by atoms with van der Waals surface area (Å²) < 4.78 is 0. The zero-order chi connectivity index (χ0) is 8.60. The van der Waals surface area contributed by atoms with Crippen molar-refractivity contribution in [3.8, 4) is 0 Å². The zero-order valence-corrected chi connectivity index (χ0v) is 9.73. The van der Waals surface area contributed by atoms with E-state index in [1.807, 2.05) is 11.3 Å². The summed E-state index contributed by atoms with van der Waals surface area (Å²) in [5, 5.41) is 5.63. The molecule has 0 aromatic carbocycles. The summed E-state index contributed by atoms with van der Waals surface area (Å²) in [4.78, 5) is 1.60. The maximum absolute atomic E-state index is 3.42. The van der Waals surface area contributed by atoms with E-state index in [0.29, 0.717) is 5.54 Å². The quantitative estimate of drug-likeness (QED) is 0.763. The van der Waals surface area contributed by atoms with Crippen LogP contribution in [0.1, 0.15) is 23.8 Å². The fourth-order valence-corrected chi connectivity index (χ4v) is 2.76. The Hall–Kier alpha value is -0.0500. The Morgan fingerprint density at radius 1 is 1.54 bits per heavy atom. The smallest absolute Gasteiger partial charge is 0.0194 e. The highest BCUT2D eigenvalue weighted by molar-refractivity contribution is 7.10. The Morgan fingerprint density at radius 2 is 2.31 bits per heavy atom. The van der Waals surface area contributed by atoms with Crippen molar-refractivity contribution in [1.29, 1.82) is 0 Å². The summed E-state index contributed by atoms with van der Waals surface area (Å²) >= 11 is 1.91. The van der Waals surface area contributed by atoms with Gasteiger partial charge < -0.3 is 5.32 Å².